The molecule has 0 bridgehead atoms. The molecule has 148 valence electrons. The van der Waals surface area contributed by atoms with Gasteiger partial charge in [0.15, 0.2) is 0 Å². The van der Waals surface area contributed by atoms with Gasteiger partial charge in [0.25, 0.3) is 5.91 Å². The standard InChI is InChI=1S/C23H24N4O2/c1-4-17-8-5-7-15(2)22(17)27-23(29)18-11-12-21(24-14-18)26-20-10-6-9-19(13-20)25-16(3)28/h5-14H,4H2,1-3H3,(H,24,26)(H,25,28)(H,27,29). The molecule has 0 saturated carbocycles. The van der Waals surface area contributed by atoms with Crippen molar-refractivity contribution in [1.82, 2.24) is 4.98 Å². The predicted molar refractivity (Wildman–Crippen MR) is 117 cm³/mol. The van der Waals surface area contributed by atoms with Crippen LogP contribution >= 0.6 is 0 Å². The molecule has 2 amide bonds. The quantitative estimate of drug-likeness (QED) is 0.560. The molecule has 6 heteroatoms. The fourth-order valence-electron chi connectivity index (χ4n) is 3.02. The van der Waals surface area contributed by atoms with Gasteiger partial charge in [-0.2, -0.15) is 0 Å². The molecule has 0 aliphatic heterocycles. The predicted octanol–water partition coefficient (Wildman–Crippen LogP) is 4.91. The Bertz CT molecular complexity index is 1030. The van der Waals surface area contributed by atoms with Gasteiger partial charge in [0.2, 0.25) is 5.91 Å². The number of para-hydroxylation sites is 1. The first kappa shape index (κ1) is 20.1. The minimum Gasteiger partial charge on any atom is -0.340 e. The van der Waals surface area contributed by atoms with Crippen LogP contribution < -0.4 is 16.0 Å². The molecule has 0 fully saturated rings. The molecule has 0 spiro atoms. The Hall–Kier alpha value is -3.67. The minimum absolute atomic E-state index is 0.129. The molecule has 3 rings (SSSR count). The molecule has 1 heterocycles. The SMILES string of the molecule is CCc1cccc(C)c1NC(=O)c1ccc(Nc2cccc(NC(C)=O)c2)nc1. The number of hydrogen-bond acceptors (Lipinski definition) is 4. The summed E-state index contributed by atoms with van der Waals surface area (Å²) in [6.07, 6.45) is 2.38. The molecule has 0 saturated heterocycles. The number of nitrogens with one attached hydrogen (secondary N) is 3. The van der Waals surface area contributed by atoms with E-state index in [1.54, 1.807) is 18.3 Å². The van der Waals surface area contributed by atoms with Crippen molar-refractivity contribution in [2.24, 2.45) is 0 Å². The van der Waals surface area contributed by atoms with Crippen molar-refractivity contribution in [1.29, 1.82) is 0 Å². The molecule has 29 heavy (non-hydrogen) atoms. The molecule has 3 aromatic rings. The summed E-state index contributed by atoms with van der Waals surface area (Å²) in [5.41, 5.74) is 4.95. The second kappa shape index (κ2) is 9.01. The summed E-state index contributed by atoms with van der Waals surface area (Å²) in [6.45, 7) is 5.51. The average molecular weight is 388 g/mol. The van der Waals surface area contributed by atoms with Gasteiger partial charge in [0, 0.05) is 30.2 Å². The Morgan fingerprint density at radius 2 is 1.72 bits per heavy atom. The summed E-state index contributed by atoms with van der Waals surface area (Å²) in [5.74, 6) is 0.280. The number of aromatic nitrogens is 1. The van der Waals surface area contributed by atoms with Crippen LogP contribution in [0.5, 0.6) is 0 Å². The first-order valence-corrected chi connectivity index (χ1v) is 9.47. The lowest BCUT2D eigenvalue weighted by Gasteiger charge is -2.13. The van der Waals surface area contributed by atoms with E-state index in [0.717, 1.165) is 28.9 Å². The largest absolute Gasteiger partial charge is 0.340 e. The highest BCUT2D eigenvalue weighted by atomic mass is 16.2. The average Bonchev–Trinajstić information content (AvgIpc) is 2.69. The van der Waals surface area contributed by atoms with Crippen LogP contribution in [-0.4, -0.2) is 16.8 Å². The zero-order valence-electron chi connectivity index (χ0n) is 16.7. The van der Waals surface area contributed by atoms with E-state index in [2.05, 4.69) is 27.9 Å². The number of aryl methyl sites for hydroxylation is 2. The summed E-state index contributed by atoms with van der Waals surface area (Å²) in [4.78, 5) is 28.2. The third-order valence-corrected chi connectivity index (χ3v) is 4.46. The zero-order chi connectivity index (χ0) is 20.8. The van der Waals surface area contributed by atoms with Gasteiger partial charge >= 0.3 is 0 Å². The van der Waals surface area contributed by atoms with Crippen molar-refractivity contribution in [3.8, 4) is 0 Å². The summed E-state index contributed by atoms with van der Waals surface area (Å²) in [6, 6.07) is 16.8. The van der Waals surface area contributed by atoms with Crippen molar-refractivity contribution < 1.29 is 9.59 Å². The number of nitrogens with zero attached hydrogens (tertiary/aromatic N) is 1. The van der Waals surface area contributed by atoms with E-state index < -0.39 is 0 Å². The first-order chi connectivity index (χ1) is 14.0. The van der Waals surface area contributed by atoms with Gasteiger partial charge < -0.3 is 16.0 Å². The van der Waals surface area contributed by atoms with Gasteiger partial charge in [-0.05, 0) is 54.8 Å². The van der Waals surface area contributed by atoms with E-state index in [-0.39, 0.29) is 11.8 Å². The summed E-state index contributed by atoms with van der Waals surface area (Å²) >= 11 is 0. The number of rotatable bonds is 6. The van der Waals surface area contributed by atoms with Crippen molar-refractivity contribution in [2.75, 3.05) is 16.0 Å². The van der Waals surface area contributed by atoms with Crippen LogP contribution in [0, 0.1) is 6.92 Å². The number of pyridine rings is 1. The zero-order valence-corrected chi connectivity index (χ0v) is 16.7. The van der Waals surface area contributed by atoms with Crippen LogP contribution in [-0.2, 0) is 11.2 Å². The van der Waals surface area contributed by atoms with Crippen LogP contribution in [0.15, 0.2) is 60.8 Å². The van der Waals surface area contributed by atoms with Gasteiger partial charge in [0.1, 0.15) is 5.82 Å². The van der Waals surface area contributed by atoms with Gasteiger partial charge in [-0.1, -0.05) is 31.2 Å². The monoisotopic (exact) mass is 388 g/mol. The number of carbonyl (C=O) groups is 2. The Kier molecular flexibility index (Phi) is 6.24. The molecule has 2 aromatic carbocycles. The van der Waals surface area contributed by atoms with Crippen molar-refractivity contribution >= 4 is 34.7 Å². The highest BCUT2D eigenvalue weighted by Gasteiger charge is 2.11. The third kappa shape index (κ3) is 5.19. The number of carbonyl (C=O) groups excluding carboxylic acids is 2. The Morgan fingerprint density at radius 1 is 0.966 bits per heavy atom. The second-order valence-electron chi connectivity index (χ2n) is 6.74. The number of hydrogen-bond donors (Lipinski definition) is 3. The Balaban J connectivity index is 1.70. The molecule has 1 aromatic heterocycles. The van der Waals surface area contributed by atoms with Crippen molar-refractivity contribution in [2.45, 2.75) is 27.2 Å². The van der Waals surface area contributed by atoms with Crippen molar-refractivity contribution in [3.63, 3.8) is 0 Å². The van der Waals surface area contributed by atoms with E-state index in [1.807, 2.05) is 49.4 Å². The molecule has 6 nitrogen and oxygen atoms in total. The summed E-state index contributed by atoms with van der Waals surface area (Å²) in [7, 11) is 0. The summed E-state index contributed by atoms with van der Waals surface area (Å²) in [5, 5.41) is 8.91. The van der Waals surface area contributed by atoms with Crippen molar-refractivity contribution in [3.05, 3.63) is 77.5 Å². The third-order valence-electron chi connectivity index (χ3n) is 4.46. The molecule has 0 aliphatic carbocycles. The van der Waals surface area contributed by atoms with E-state index >= 15 is 0 Å². The Labute approximate surface area is 170 Å². The normalized spacial score (nSPS) is 10.3. The van der Waals surface area contributed by atoms with E-state index in [4.69, 9.17) is 0 Å². The smallest absolute Gasteiger partial charge is 0.257 e. The lowest BCUT2D eigenvalue weighted by molar-refractivity contribution is -0.114. The molecule has 3 N–H and O–H groups in total. The maximum Gasteiger partial charge on any atom is 0.257 e. The molecule has 0 aliphatic rings. The van der Waals surface area contributed by atoms with Gasteiger partial charge in [-0.15, -0.1) is 0 Å². The molecular weight excluding hydrogens is 364 g/mol. The maximum atomic E-state index is 12.6. The fourth-order valence-corrected chi connectivity index (χ4v) is 3.02. The first-order valence-electron chi connectivity index (χ1n) is 9.47. The summed E-state index contributed by atoms with van der Waals surface area (Å²) < 4.78 is 0. The fraction of sp³-hybridized carbons (Fsp3) is 0.174. The number of amides is 2. The highest BCUT2D eigenvalue weighted by molar-refractivity contribution is 6.05. The molecule has 0 radical (unpaired) electrons. The van der Waals surface area contributed by atoms with Crippen LogP contribution in [0.4, 0.5) is 22.9 Å². The second-order valence-corrected chi connectivity index (χ2v) is 6.74. The maximum absolute atomic E-state index is 12.6. The van der Waals surface area contributed by atoms with Gasteiger partial charge in [-0.25, -0.2) is 4.98 Å². The van der Waals surface area contributed by atoms with Crippen LogP contribution in [0.1, 0.15) is 35.3 Å². The molecular formula is C23H24N4O2. The van der Waals surface area contributed by atoms with Crippen LogP contribution in [0.2, 0.25) is 0 Å². The lowest BCUT2D eigenvalue weighted by atomic mass is 10.1. The lowest BCUT2D eigenvalue weighted by Crippen LogP contribution is -2.14. The van der Waals surface area contributed by atoms with Gasteiger partial charge in [0.05, 0.1) is 5.56 Å². The van der Waals surface area contributed by atoms with E-state index in [1.165, 1.54) is 6.92 Å². The van der Waals surface area contributed by atoms with Crippen LogP contribution in [0.25, 0.3) is 0 Å². The number of anilines is 4. The molecule has 0 unspecified atom stereocenters. The van der Waals surface area contributed by atoms with Crippen LogP contribution in [0.3, 0.4) is 0 Å². The minimum atomic E-state index is -0.194. The molecule has 0 atom stereocenters. The van der Waals surface area contributed by atoms with E-state index in [0.29, 0.717) is 17.1 Å². The highest BCUT2D eigenvalue weighted by Crippen LogP contribution is 2.23. The Morgan fingerprint density at radius 3 is 2.41 bits per heavy atom. The van der Waals surface area contributed by atoms with E-state index in [9.17, 15) is 9.59 Å². The number of benzene rings is 2. The topological polar surface area (TPSA) is 83.1 Å². The van der Waals surface area contributed by atoms with Gasteiger partial charge in [-0.3, -0.25) is 9.59 Å².